The van der Waals surface area contributed by atoms with Crippen molar-refractivity contribution < 1.29 is 27.9 Å². The molecule has 1 amide bonds. The summed E-state index contributed by atoms with van der Waals surface area (Å²) in [5.74, 6) is -2.20. The first-order valence-corrected chi connectivity index (χ1v) is 7.38. The van der Waals surface area contributed by atoms with Gasteiger partial charge in [0.05, 0.1) is 17.0 Å². The van der Waals surface area contributed by atoms with Crippen molar-refractivity contribution in [2.45, 2.75) is 19.0 Å². The van der Waals surface area contributed by atoms with Gasteiger partial charge in [0.2, 0.25) is 0 Å². The van der Waals surface area contributed by atoms with Crippen LogP contribution in [-0.2, 0) is 11.0 Å². The maximum atomic E-state index is 13.1. The highest BCUT2D eigenvalue weighted by atomic mass is 79.9. The molecule has 0 aliphatic carbocycles. The molecule has 1 fully saturated rings. The van der Waals surface area contributed by atoms with E-state index in [1.54, 1.807) is 0 Å². The molecule has 1 aromatic rings. The second-order valence-corrected chi connectivity index (χ2v) is 6.01. The van der Waals surface area contributed by atoms with E-state index in [0.29, 0.717) is 0 Å². The minimum Gasteiger partial charge on any atom is -0.481 e. The van der Waals surface area contributed by atoms with Crippen LogP contribution in [0.3, 0.4) is 0 Å². The number of hydrogen-bond acceptors (Lipinski definition) is 2. The van der Waals surface area contributed by atoms with Crippen molar-refractivity contribution in [3.63, 3.8) is 0 Å². The Morgan fingerprint density at radius 2 is 1.82 bits per heavy atom. The summed E-state index contributed by atoms with van der Waals surface area (Å²) in [5.41, 5.74) is -1.41. The van der Waals surface area contributed by atoms with Crippen LogP contribution in [0.4, 0.5) is 13.2 Å². The molecule has 0 radical (unpaired) electrons. The van der Waals surface area contributed by atoms with Crippen LogP contribution < -0.4 is 0 Å². The van der Waals surface area contributed by atoms with Crippen molar-refractivity contribution in [2.75, 3.05) is 13.1 Å². The lowest BCUT2D eigenvalue weighted by atomic mass is 9.96. The molecule has 1 aliphatic heterocycles. The van der Waals surface area contributed by atoms with E-state index in [4.69, 9.17) is 5.11 Å². The number of piperidine rings is 1. The van der Waals surface area contributed by atoms with Crippen molar-refractivity contribution >= 4 is 27.8 Å². The molecule has 120 valence electrons. The third-order valence-electron chi connectivity index (χ3n) is 3.65. The molecule has 0 bridgehead atoms. The summed E-state index contributed by atoms with van der Waals surface area (Å²) in [5, 5.41) is 8.90. The van der Waals surface area contributed by atoms with Gasteiger partial charge in [-0.25, -0.2) is 0 Å². The number of likely N-dealkylation sites (tertiary alicyclic amines) is 1. The highest BCUT2D eigenvalue weighted by molar-refractivity contribution is 9.10. The molecule has 1 heterocycles. The van der Waals surface area contributed by atoms with E-state index in [-0.39, 0.29) is 30.4 Å². The Bertz CT molecular complexity index is 595. The highest BCUT2D eigenvalue weighted by Gasteiger charge is 2.37. The molecule has 1 N–H and O–H groups in total. The van der Waals surface area contributed by atoms with E-state index >= 15 is 0 Å². The average molecular weight is 380 g/mol. The summed E-state index contributed by atoms with van der Waals surface area (Å²) in [6, 6.07) is 3.39. The number of aliphatic carboxylic acids is 1. The third-order valence-corrected chi connectivity index (χ3v) is 4.14. The fraction of sp³-hybridized carbons (Fsp3) is 0.429. The van der Waals surface area contributed by atoms with Gasteiger partial charge in [0.25, 0.3) is 5.91 Å². The minimum atomic E-state index is -4.63. The Morgan fingerprint density at radius 1 is 1.23 bits per heavy atom. The number of amides is 1. The molecule has 22 heavy (non-hydrogen) atoms. The molecule has 4 nitrogen and oxygen atoms in total. The predicted molar refractivity (Wildman–Crippen MR) is 75.4 cm³/mol. The molecule has 1 aliphatic rings. The van der Waals surface area contributed by atoms with Crippen molar-refractivity contribution in [1.29, 1.82) is 0 Å². The molecule has 0 unspecified atom stereocenters. The van der Waals surface area contributed by atoms with Crippen LogP contribution in [0.2, 0.25) is 0 Å². The van der Waals surface area contributed by atoms with Crippen LogP contribution in [0.25, 0.3) is 0 Å². The van der Waals surface area contributed by atoms with Crippen molar-refractivity contribution in [3.05, 3.63) is 33.8 Å². The van der Waals surface area contributed by atoms with Gasteiger partial charge in [-0.1, -0.05) is 15.9 Å². The number of rotatable bonds is 2. The summed E-state index contributed by atoms with van der Waals surface area (Å²) in [6.45, 7) is 0.284. The Morgan fingerprint density at radius 3 is 2.32 bits per heavy atom. The summed E-state index contributed by atoms with van der Waals surface area (Å²) in [7, 11) is 0. The van der Waals surface area contributed by atoms with Gasteiger partial charge in [0.1, 0.15) is 0 Å². The van der Waals surface area contributed by atoms with Gasteiger partial charge in [-0.2, -0.15) is 13.2 Å². The van der Waals surface area contributed by atoms with E-state index in [1.165, 1.54) is 11.0 Å². The fourth-order valence-electron chi connectivity index (χ4n) is 2.44. The number of carboxylic acid groups (broad SMARTS) is 1. The van der Waals surface area contributed by atoms with E-state index in [1.807, 2.05) is 0 Å². The van der Waals surface area contributed by atoms with Gasteiger partial charge in [-0.3, -0.25) is 9.59 Å². The zero-order valence-corrected chi connectivity index (χ0v) is 12.9. The van der Waals surface area contributed by atoms with Crippen LogP contribution in [-0.4, -0.2) is 35.0 Å². The SMILES string of the molecule is O=C(O)C1CCN(C(=O)c2ccc(Br)cc2C(F)(F)F)CC1. The van der Waals surface area contributed by atoms with Crippen molar-refractivity contribution in [2.24, 2.45) is 5.92 Å². The van der Waals surface area contributed by atoms with Gasteiger partial charge >= 0.3 is 12.1 Å². The normalized spacial score (nSPS) is 16.6. The smallest absolute Gasteiger partial charge is 0.417 e. The number of halogens is 4. The van der Waals surface area contributed by atoms with E-state index in [2.05, 4.69) is 15.9 Å². The maximum Gasteiger partial charge on any atom is 0.417 e. The second kappa shape index (κ2) is 6.28. The standard InChI is InChI=1S/C14H13BrF3NO3/c15-9-1-2-10(11(7-9)14(16,17)18)12(20)19-5-3-8(4-6-19)13(21)22/h1-2,7-8H,3-6H2,(H,21,22). The number of carbonyl (C=O) groups excluding carboxylic acids is 1. The molecule has 2 rings (SSSR count). The molecule has 0 aromatic heterocycles. The van der Waals surface area contributed by atoms with Gasteiger partial charge in [0, 0.05) is 17.6 Å². The molecular formula is C14H13BrF3NO3. The fourth-order valence-corrected chi connectivity index (χ4v) is 2.80. The molecule has 0 spiro atoms. The van der Waals surface area contributed by atoms with E-state index in [0.717, 1.165) is 12.1 Å². The first kappa shape index (κ1) is 16.8. The topological polar surface area (TPSA) is 57.6 Å². The molecule has 1 aromatic carbocycles. The average Bonchev–Trinajstić information content (AvgIpc) is 2.45. The second-order valence-electron chi connectivity index (χ2n) is 5.09. The highest BCUT2D eigenvalue weighted by Crippen LogP contribution is 2.34. The van der Waals surface area contributed by atoms with Crippen molar-refractivity contribution in [3.8, 4) is 0 Å². The number of carboxylic acids is 1. The maximum absolute atomic E-state index is 13.1. The lowest BCUT2D eigenvalue weighted by Crippen LogP contribution is -2.40. The first-order chi connectivity index (χ1) is 10.2. The Labute approximate surface area is 133 Å². The Kier molecular flexibility index (Phi) is 4.79. The summed E-state index contributed by atoms with van der Waals surface area (Å²) >= 11 is 2.97. The number of nitrogens with zero attached hydrogens (tertiary/aromatic N) is 1. The minimum absolute atomic E-state index is 0.142. The zero-order chi connectivity index (χ0) is 16.5. The molecule has 0 atom stereocenters. The first-order valence-electron chi connectivity index (χ1n) is 6.59. The van der Waals surface area contributed by atoms with E-state index in [9.17, 15) is 22.8 Å². The summed E-state index contributed by atoms with van der Waals surface area (Å²) in [4.78, 5) is 24.5. The number of carbonyl (C=O) groups is 2. The molecule has 0 saturated carbocycles. The van der Waals surface area contributed by atoms with Gasteiger partial charge < -0.3 is 10.0 Å². The van der Waals surface area contributed by atoms with Crippen LogP contribution in [0.5, 0.6) is 0 Å². The predicted octanol–water partition coefficient (Wildman–Crippen LogP) is 3.40. The number of hydrogen-bond donors (Lipinski definition) is 1. The molecular weight excluding hydrogens is 367 g/mol. The van der Waals surface area contributed by atoms with Crippen LogP contribution in [0.15, 0.2) is 22.7 Å². The quantitative estimate of drug-likeness (QED) is 0.856. The lowest BCUT2D eigenvalue weighted by Gasteiger charge is -2.30. The third kappa shape index (κ3) is 3.60. The number of alkyl halides is 3. The van der Waals surface area contributed by atoms with Gasteiger partial charge in [-0.15, -0.1) is 0 Å². The largest absolute Gasteiger partial charge is 0.481 e. The Balaban J connectivity index is 2.22. The monoisotopic (exact) mass is 379 g/mol. The molecule has 1 saturated heterocycles. The summed E-state index contributed by atoms with van der Waals surface area (Å²) in [6.07, 6.45) is -4.13. The van der Waals surface area contributed by atoms with Crippen LogP contribution in [0, 0.1) is 5.92 Å². The van der Waals surface area contributed by atoms with Gasteiger partial charge in [-0.05, 0) is 31.0 Å². The van der Waals surface area contributed by atoms with Crippen LogP contribution >= 0.6 is 15.9 Å². The van der Waals surface area contributed by atoms with Gasteiger partial charge in [0.15, 0.2) is 0 Å². The summed E-state index contributed by atoms with van der Waals surface area (Å²) < 4.78 is 39.4. The van der Waals surface area contributed by atoms with Crippen molar-refractivity contribution in [1.82, 2.24) is 4.90 Å². The van der Waals surface area contributed by atoms with E-state index < -0.39 is 35.1 Å². The molecule has 8 heteroatoms. The Hall–Kier alpha value is -1.57. The number of benzene rings is 1. The zero-order valence-electron chi connectivity index (χ0n) is 11.4. The lowest BCUT2D eigenvalue weighted by molar-refractivity contribution is -0.143. The van der Waals surface area contributed by atoms with Crippen LogP contribution in [0.1, 0.15) is 28.8 Å².